The van der Waals surface area contributed by atoms with Gasteiger partial charge in [0.25, 0.3) is 0 Å². The van der Waals surface area contributed by atoms with Crippen LogP contribution in [0.25, 0.3) is 0 Å². The van der Waals surface area contributed by atoms with Gasteiger partial charge in [-0.3, -0.25) is 0 Å². The average molecular weight is 318 g/mol. The van der Waals surface area contributed by atoms with E-state index in [1.807, 2.05) is 0 Å². The molecule has 0 radical (unpaired) electrons. The standard InChI is InChI=1S/C17H18O6/c1-21-10-6-13(19)11-8-16(22-2)17(23-15(11)7-10)9-3-4-12(18)14(20)5-9/h3-7,16-20H,8H2,1-2H3/t16-,17-/m1/s1. The van der Waals surface area contributed by atoms with Crippen molar-refractivity contribution in [3.8, 4) is 28.7 Å². The lowest BCUT2D eigenvalue weighted by Crippen LogP contribution is -2.32. The van der Waals surface area contributed by atoms with E-state index in [2.05, 4.69) is 0 Å². The Morgan fingerprint density at radius 1 is 1.00 bits per heavy atom. The fourth-order valence-corrected chi connectivity index (χ4v) is 2.76. The van der Waals surface area contributed by atoms with Crippen molar-refractivity contribution < 1.29 is 29.5 Å². The van der Waals surface area contributed by atoms with Crippen molar-refractivity contribution in [3.63, 3.8) is 0 Å². The van der Waals surface area contributed by atoms with Gasteiger partial charge in [-0.25, -0.2) is 0 Å². The fourth-order valence-electron chi connectivity index (χ4n) is 2.76. The van der Waals surface area contributed by atoms with Gasteiger partial charge >= 0.3 is 0 Å². The van der Waals surface area contributed by atoms with Gasteiger partial charge in [-0.05, 0) is 17.7 Å². The minimum absolute atomic E-state index is 0.0911. The van der Waals surface area contributed by atoms with Gasteiger partial charge in [0.1, 0.15) is 23.4 Å². The molecular formula is C17H18O6. The van der Waals surface area contributed by atoms with Crippen LogP contribution in [-0.2, 0) is 11.2 Å². The van der Waals surface area contributed by atoms with Gasteiger partial charge in [0.2, 0.25) is 0 Å². The first-order valence-electron chi connectivity index (χ1n) is 7.14. The highest BCUT2D eigenvalue weighted by atomic mass is 16.5. The largest absolute Gasteiger partial charge is 0.507 e. The maximum absolute atomic E-state index is 10.1. The molecule has 0 aromatic heterocycles. The molecule has 1 aliphatic rings. The predicted molar refractivity (Wildman–Crippen MR) is 82.3 cm³/mol. The smallest absolute Gasteiger partial charge is 0.157 e. The minimum atomic E-state index is -0.481. The van der Waals surface area contributed by atoms with Crippen LogP contribution in [-0.4, -0.2) is 35.6 Å². The zero-order chi connectivity index (χ0) is 16.6. The Balaban J connectivity index is 2.02. The molecule has 0 bridgehead atoms. The van der Waals surface area contributed by atoms with Crippen LogP contribution in [0.4, 0.5) is 0 Å². The summed E-state index contributed by atoms with van der Waals surface area (Å²) in [5.41, 5.74) is 1.32. The summed E-state index contributed by atoms with van der Waals surface area (Å²) in [5, 5.41) is 29.3. The Kier molecular flexibility index (Phi) is 3.92. The van der Waals surface area contributed by atoms with Gasteiger partial charge in [0.15, 0.2) is 17.6 Å². The van der Waals surface area contributed by atoms with Crippen molar-refractivity contribution in [2.75, 3.05) is 14.2 Å². The van der Waals surface area contributed by atoms with Crippen molar-refractivity contribution in [1.82, 2.24) is 0 Å². The molecule has 0 unspecified atom stereocenters. The average Bonchev–Trinajstić information content (AvgIpc) is 2.56. The summed E-state index contributed by atoms with van der Waals surface area (Å²) < 4.78 is 16.6. The van der Waals surface area contributed by atoms with Gasteiger partial charge in [0.05, 0.1) is 7.11 Å². The van der Waals surface area contributed by atoms with E-state index in [-0.39, 0.29) is 23.4 Å². The van der Waals surface area contributed by atoms with E-state index in [1.54, 1.807) is 19.2 Å². The molecule has 23 heavy (non-hydrogen) atoms. The van der Waals surface area contributed by atoms with Crippen LogP contribution in [0.3, 0.4) is 0 Å². The summed E-state index contributed by atoms with van der Waals surface area (Å²) in [6, 6.07) is 7.74. The van der Waals surface area contributed by atoms with Gasteiger partial charge < -0.3 is 29.5 Å². The maximum atomic E-state index is 10.1. The van der Waals surface area contributed by atoms with Crippen LogP contribution in [0.2, 0.25) is 0 Å². The second-order valence-electron chi connectivity index (χ2n) is 5.39. The summed E-state index contributed by atoms with van der Waals surface area (Å²) >= 11 is 0. The Morgan fingerprint density at radius 3 is 2.43 bits per heavy atom. The minimum Gasteiger partial charge on any atom is -0.507 e. The molecule has 0 saturated heterocycles. The molecule has 2 atom stereocenters. The van der Waals surface area contributed by atoms with E-state index in [9.17, 15) is 15.3 Å². The molecule has 2 aromatic rings. The third-order valence-corrected chi connectivity index (χ3v) is 4.02. The Hall–Kier alpha value is -2.60. The number of benzene rings is 2. The quantitative estimate of drug-likeness (QED) is 0.754. The normalized spacial score (nSPS) is 19.7. The molecule has 0 fully saturated rings. The van der Waals surface area contributed by atoms with Crippen LogP contribution in [0.15, 0.2) is 30.3 Å². The molecule has 0 saturated carbocycles. The van der Waals surface area contributed by atoms with Crippen LogP contribution in [0, 0.1) is 0 Å². The summed E-state index contributed by atoms with van der Waals surface area (Å²) in [6.45, 7) is 0. The Bertz CT molecular complexity index is 727. The Labute approximate surface area is 133 Å². The Morgan fingerprint density at radius 2 is 1.78 bits per heavy atom. The number of methoxy groups -OCH3 is 2. The summed E-state index contributed by atoms with van der Waals surface area (Å²) in [4.78, 5) is 0. The molecule has 6 nitrogen and oxygen atoms in total. The van der Waals surface area contributed by atoms with E-state index in [0.29, 0.717) is 29.0 Å². The third kappa shape index (κ3) is 2.73. The number of hydrogen-bond acceptors (Lipinski definition) is 6. The second kappa shape index (κ2) is 5.89. The lowest BCUT2D eigenvalue weighted by Gasteiger charge is -2.33. The topological polar surface area (TPSA) is 88.4 Å². The number of fused-ring (bicyclic) bond motifs is 1. The van der Waals surface area contributed by atoms with Crippen molar-refractivity contribution >= 4 is 0 Å². The van der Waals surface area contributed by atoms with E-state index in [4.69, 9.17) is 14.2 Å². The SMILES string of the molecule is COc1cc(O)c2c(c1)O[C@H](c1ccc(O)c(O)c1)[C@H](OC)C2. The van der Waals surface area contributed by atoms with E-state index >= 15 is 0 Å². The van der Waals surface area contributed by atoms with Crippen LogP contribution < -0.4 is 9.47 Å². The third-order valence-electron chi connectivity index (χ3n) is 4.02. The highest BCUT2D eigenvalue weighted by molar-refractivity contribution is 5.52. The van der Waals surface area contributed by atoms with Gasteiger partial charge in [-0.15, -0.1) is 0 Å². The molecule has 122 valence electrons. The highest BCUT2D eigenvalue weighted by Crippen LogP contribution is 2.43. The molecule has 0 spiro atoms. The zero-order valence-corrected chi connectivity index (χ0v) is 12.8. The number of rotatable bonds is 3. The van der Waals surface area contributed by atoms with E-state index < -0.39 is 6.10 Å². The summed E-state index contributed by atoms with van der Waals surface area (Å²) in [6.07, 6.45) is -0.371. The summed E-state index contributed by atoms with van der Waals surface area (Å²) in [7, 11) is 3.07. The van der Waals surface area contributed by atoms with Gasteiger partial charge in [-0.2, -0.15) is 0 Å². The van der Waals surface area contributed by atoms with Gasteiger partial charge in [0, 0.05) is 31.2 Å². The van der Waals surface area contributed by atoms with E-state index in [1.165, 1.54) is 25.3 Å². The van der Waals surface area contributed by atoms with Crippen molar-refractivity contribution in [2.45, 2.75) is 18.6 Å². The summed E-state index contributed by atoms with van der Waals surface area (Å²) in [5.74, 6) is 0.670. The van der Waals surface area contributed by atoms with Crippen molar-refractivity contribution in [1.29, 1.82) is 0 Å². The van der Waals surface area contributed by atoms with Crippen LogP contribution >= 0.6 is 0 Å². The number of hydrogen-bond donors (Lipinski definition) is 3. The van der Waals surface area contributed by atoms with Crippen LogP contribution in [0.1, 0.15) is 17.2 Å². The lowest BCUT2D eigenvalue weighted by atomic mass is 9.93. The van der Waals surface area contributed by atoms with Gasteiger partial charge in [-0.1, -0.05) is 6.07 Å². The second-order valence-corrected chi connectivity index (χ2v) is 5.39. The first-order valence-corrected chi connectivity index (χ1v) is 7.14. The maximum Gasteiger partial charge on any atom is 0.157 e. The monoisotopic (exact) mass is 318 g/mol. The first-order chi connectivity index (χ1) is 11.0. The van der Waals surface area contributed by atoms with Crippen molar-refractivity contribution in [3.05, 3.63) is 41.5 Å². The fraction of sp³-hybridized carbons (Fsp3) is 0.294. The molecule has 6 heteroatoms. The number of phenolic OH excluding ortho intramolecular Hbond substituents is 3. The predicted octanol–water partition coefficient (Wildman–Crippen LogP) is 2.50. The van der Waals surface area contributed by atoms with E-state index in [0.717, 1.165) is 0 Å². The molecular weight excluding hydrogens is 300 g/mol. The molecule has 1 heterocycles. The molecule has 0 amide bonds. The first kappa shape index (κ1) is 15.3. The highest BCUT2D eigenvalue weighted by Gasteiger charge is 2.33. The number of ether oxygens (including phenoxy) is 3. The molecule has 2 aromatic carbocycles. The number of phenols is 3. The molecule has 1 aliphatic heterocycles. The lowest BCUT2D eigenvalue weighted by molar-refractivity contribution is -0.0122. The molecule has 3 rings (SSSR count). The van der Waals surface area contributed by atoms with Crippen LogP contribution in [0.5, 0.6) is 28.7 Å². The number of aromatic hydroxyl groups is 3. The van der Waals surface area contributed by atoms with Crippen molar-refractivity contribution in [2.24, 2.45) is 0 Å². The zero-order valence-electron chi connectivity index (χ0n) is 12.8. The molecule has 0 aliphatic carbocycles. The molecule has 3 N–H and O–H groups in total.